The van der Waals surface area contributed by atoms with Gasteiger partial charge in [0, 0.05) is 6.21 Å². The number of aromatic amines is 1. The number of aliphatic imine (C=N–C) groups is 1. The van der Waals surface area contributed by atoms with Crippen molar-refractivity contribution in [1.82, 2.24) is 9.97 Å². The normalized spacial score (nSPS) is 11.1. The summed E-state index contributed by atoms with van der Waals surface area (Å²) >= 11 is 0. The molecule has 1 aromatic rings. The summed E-state index contributed by atoms with van der Waals surface area (Å²) in [6, 6.07) is 0. The Morgan fingerprint density at radius 2 is 2.21 bits per heavy atom. The van der Waals surface area contributed by atoms with Gasteiger partial charge in [-0.2, -0.15) is 0 Å². The Kier molecular flexibility index (Phi) is 3.56. The predicted octanol–water partition coefficient (Wildman–Crippen LogP) is 1.89. The summed E-state index contributed by atoms with van der Waals surface area (Å²) in [5, 5.41) is 0. The third-order valence-electron chi connectivity index (χ3n) is 1.83. The van der Waals surface area contributed by atoms with Crippen LogP contribution >= 0.6 is 0 Å². The SMILES string of the molecule is CCCC=Nc1c(C)nc(C)[nH]c1=O. The first-order valence-corrected chi connectivity index (χ1v) is 4.75. The molecular formula is C10H15N3O. The number of unbranched alkanes of at least 4 members (excludes halogenated alkanes) is 1. The van der Waals surface area contributed by atoms with Crippen molar-refractivity contribution in [2.24, 2.45) is 4.99 Å². The lowest BCUT2D eigenvalue weighted by atomic mass is 10.3. The topological polar surface area (TPSA) is 58.1 Å². The molecule has 0 bridgehead atoms. The fourth-order valence-electron chi connectivity index (χ4n) is 1.16. The van der Waals surface area contributed by atoms with Gasteiger partial charge in [0.1, 0.15) is 11.5 Å². The fourth-order valence-corrected chi connectivity index (χ4v) is 1.16. The van der Waals surface area contributed by atoms with Crippen molar-refractivity contribution in [3.63, 3.8) is 0 Å². The zero-order valence-corrected chi connectivity index (χ0v) is 8.79. The summed E-state index contributed by atoms with van der Waals surface area (Å²) in [6.45, 7) is 5.62. The molecular weight excluding hydrogens is 178 g/mol. The summed E-state index contributed by atoms with van der Waals surface area (Å²) in [6.07, 6.45) is 3.67. The van der Waals surface area contributed by atoms with Gasteiger partial charge >= 0.3 is 0 Å². The molecule has 0 fully saturated rings. The van der Waals surface area contributed by atoms with E-state index in [0.29, 0.717) is 17.2 Å². The summed E-state index contributed by atoms with van der Waals surface area (Å²) in [7, 11) is 0. The van der Waals surface area contributed by atoms with Crippen molar-refractivity contribution >= 4 is 11.9 Å². The molecule has 0 saturated heterocycles. The van der Waals surface area contributed by atoms with Gasteiger partial charge in [-0.1, -0.05) is 13.3 Å². The van der Waals surface area contributed by atoms with Gasteiger partial charge in [-0.15, -0.1) is 0 Å². The highest BCUT2D eigenvalue weighted by Gasteiger charge is 2.03. The fraction of sp³-hybridized carbons (Fsp3) is 0.500. The number of nitrogens with one attached hydrogen (secondary N) is 1. The van der Waals surface area contributed by atoms with E-state index in [-0.39, 0.29) is 5.56 Å². The van der Waals surface area contributed by atoms with Crippen molar-refractivity contribution in [3.05, 3.63) is 21.9 Å². The maximum atomic E-state index is 11.4. The molecule has 0 spiro atoms. The molecule has 0 atom stereocenters. The number of H-pyrrole nitrogens is 1. The van der Waals surface area contributed by atoms with E-state index < -0.39 is 0 Å². The van der Waals surface area contributed by atoms with Crippen LogP contribution in [0.1, 0.15) is 31.3 Å². The molecule has 0 radical (unpaired) electrons. The van der Waals surface area contributed by atoms with Gasteiger partial charge in [-0.25, -0.2) is 4.98 Å². The van der Waals surface area contributed by atoms with Gasteiger partial charge in [0.25, 0.3) is 5.56 Å². The average Bonchev–Trinajstić information content (AvgIpc) is 2.09. The second-order valence-corrected chi connectivity index (χ2v) is 3.19. The summed E-state index contributed by atoms with van der Waals surface area (Å²) in [4.78, 5) is 22.3. The van der Waals surface area contributed by atoms with E-state index in [1.54, 1.807) is 20.1 Å². The molecule has 0 aliphatic heterocycles. The van der Waals surface area contributed by atoms with Gasteiger partial charge in [0.15, 0.2) is 0 Å². The Hall–Kier alpha value is -1.45. The van der Waals surface area contributed by atoms with E-state index in [1.807, 2.05) is 0 Å². The van der Waals surface area contributed by atoms with Crippen LogP contribution in [-0.2, 0) is 0 Å². The van der Waals surface area contributed by atoms with E-state index in [9.17, 15) is 4.79 Å². The summed E-state index contributed by atoms with van der Waals surface area (Å²) < 4.78 is 0. The first kappa shape index (κ1) is 10.6. The van der Waals surface area contributed by atoms with E-state index in [2.05, 4.69) is 21.9 Å². The predicted molar refractivity (Wildman–Crippen MR) is 57.4 cm³/mol. The van der Waals surface area contributed by atoms with E-state index in [4.69, 9.17) is 0 Å². The second kappa shape index (κ2) is 4.69. The maximum Gasteiger partial charge on any atom is 0.277 e. The third-order valence-corrected chi connectivity index (χ3v) is 1.83. The number of hydrogen-bond acceptors (Lipinski definition) is 3. The molecule has 1 N–H and O–H groups in total. The molecule has 1 aromatic heterocycles. The number of rotatable bonds is 3. The quantitative estimate of drug-likeness (QED) is 0.745. The number of nitrogens with zero attached hydrogens (tertiary/aromatic N) is 2. The molecule has 0 aliphatic carbocycles. The van der Waals surface area contributed by atoms with Crippen LogP contribution in [0.2, 0.25) is 0 Å². The molecule has 76 valence electrons. The van der Waals surface area contributed by atoms with Crippen LogP contribution in [0.15, 0.2) is 9.79 Å². The zero-order chi connectivity index (χ0) is 10.6. The summed E-state index contributed by atoms with van der Waals surface area (Å²) in [5.41, 5.74) is 0.935. The Balaban J connectivity index is 3.03. The number of hydrogen-bond donors (Lipinski definition) is 1. The lowest BCUT2D eigenvalue weighted by Gasteiger charge is -1.99. The highest BCUT2D eigenvalue weighted by Crippen LogP contribution is 2.08. The van der Waals surface area contributed by atoms with Crippen molar-refractivity contribution in [2.75, 3.05) is 0 Å². The van der Waals surface area contributed by atoms with Gasteiger partial charge in [-0.3, -0.25) is 9.79 Å². The van der Waals surface area contributed by atoms with Gasteiger partial charge in [0.05, 0.1) is 5.69 Å². The Morgan fingerprint density at radius 3 is 2.79 bits per heavy atom. The minimum absolute atomic E-state index is 0.164. The largest absolute Gasteiger partial charge is 0.309 e. The standard InChI is InChI=1S/C10H15N3O/c1-4-5-6-11-9-7(2)12-8(3)13-10(9)14/h6H,4-5H2,1-3H3,(H,12,13,14). The molecule has 0 unspecified atom stereocenters. The van der Waals surface area contributed by atoms with E-state index in [0.717, 1.165) is 12.8 Å². The smallest absolute Gasteiger partial charge is 0.277 e. The third kappa shape index (κ3) is 2.52. The second-order valence-electron chi connectivity index (χ2n) is 3.19. The molecule has 0 saturated carbocycles. The van der Waals surface area contributed by atoms with Crippen molar-refractivity contribution in [1.29, 1.82) is 0 Å². The molecule has 1 rings (SSSR count). The average molecular weight is 193 g/mol. The van der Waals surface area contributed by atoms with Crippen molar-refractivity contribution < 1.29 is 0 Å². The van der Waals surface area contributed by atoms with Crippen LogP contribution in [0.25, 0.3) is 0 Å². The molecule has 4 nitrogen and oxygen atoms in total. The lowest BCUT2D eigenvalue weighted by Crippen LogP contribution is -2.10. The Labute approximate surface area is 83.1 Å². The molecule has 0 amide bonds. The van der Waals surface area contributed by atoms with Crippen LogP contribution in [0.5, 0.6) is 0 Å². The van der Waals surface area contributed by atoms with Crippen LogP contribution in [-0.4, -0.2) is 16.2 Å². The molecule has 14 heavy (non-hydrogen) atoms. The number of aromatic nitrogens is 2. The zero-order valence-electron chi connectivity index (χ0n) is 8.79. The highest BCUT2D eigenvalue weighted by atomic mass is 16.1. The first-order valence-electron chi connectivity index (χ1n) is 4.75. The highest BCUT2D eigenvalue weighted by molar-refractivity contribution is 5.63. The minimum Gasteiger partial charge on any atom is -0.309 e. The lowest BCUT2D eigenvalue weighted by molar-refractivity contribution is 0.973. The van der Waals surface area contributed by atoms with Crippen LogP contribution in [0.4, 0.5) is 5.69 Å². The van der Waals surface area contributed by atoms with Gasteiger partial charge in [-0.05, 0) is 20.3 Å². The minimum atomic E-state index is -0.164. The van der Waals surface area contributed by atoms with Gasteiger partial charge < -0.3 is 4.98 Å². The maximum absolute atomic E-state index is 11.4. The van der Waals surface area contributed by atoms with Crippen LogP contribution in [0, 0.1) is 13.8 Å². The molecule has 0 aliphatic rings. The van der Waals surface area contributed by atoms with E-state index >= 15 is 0 Å². The molecule has 4 heteroatoms. The number of aryl methyl sites for hydroxylation is 2. The Morgan fingerprint density at radius 1 is 1.50 bits per heavy atom. The summed E-state index contributed by atoms with van der Waals surface area (Å²) in [5.74, 6) is 0.627. The van der Waals surface area contributed by atoms with Crippen molar-refractivity contribution in [2.45, 2.75) is 33.6 Å². The van der Waals surface area contributed by atoms with Crippen LogP contribution < -0.4 is 5.56 Å². The van der Waals surface area contributed by atoms with Crippen LogP contribution in [0.3, 0.4) is 0 Å². The Bertz CT molecular complexity index is 393. The van der Waals surface area contributed by atoms with Crippen molar-refractivity contribution in [3.8, 4) is 0 Å². The molecule has 0 aromatic carbocycles. The van der Waals surface area contributed by atoms with E-state index in [1.165, 1.54) is 0 Å². The van der Waals surface area contributed by atoms with Gasteiger partial charge in [0.2, 0.25) is 0 Å². The monoisotopic (exact) mass is 193 g/mol. The first-order chi connectivity index (χ1) is 6.65. The molecule has 1 heterocycles.